The lowest BCUT2D eigenvalue weighted by Crippen LogP contribution is -2.44. The van der Waals surface area contributed by atoms with Gasteiger partial charge in [-0.15, -0.1) is 0 Å². The van der Waals surface area contributed by atoms with Crippen molar-refractivity contribution in [3.8, 4) is 5.75 Å². The number of likely N-dealkylation sites (tertiary alicyclic amines) is 1. The molecule has 30 heavy (non-hydrogen) atoms. The van der Waals surface area contributed by atoms with Crippen LogP contribution in [-0.2, 0) is 9.59 Å². The topological polar surface area (TPSA) is 96.1 Å². The van der Waals surface area contributed by atoms with Gasteiger partial charge in [-0.2, -0.15) is 0 Å². The highest BCUT2D eigenvalue weighted by molar-refractivity contribution is 5.79. The van der Waals surface area contributed by atoms with Gasteiger partial charge in [0.05, 0.1) is 19.6 Å². The summed E-state index contributed by atoms with van der Waals surface area (Å²) in [4.78, 5) is 29.2. The number of rotatable bonds is 12. The van der Waals surface area contributed by atoms with E-state index in [1.165, 1.54) is 0 Å². The van der Waals surface area contributed by atoms with Gasteiger partial charge in [0.2, 0.25) is 5.91 Å². The SMILES string of the molecule is CCCCN(CCCN)C(=O)CN1C[C@H](c2ccc(OC)cc2)[C@@H](C(=O)O)[C@@H]1CC. The average molecular weight is 420 g/mol. The number of carboxylic acid groups (broad SMARTS) is 1. The fourth-order valence-electron chi connectivity index (χ4n) is 4.46. The molecule has 1 aromatic rings. The van der Waals surface area contributed by atoms with Crippen LogP contribution in [0.15, 0.2) is 24.3 Å². The molecule has 0 unspecified atom stereocenters. The summed E-state index contributed by atoms with van der Waals surface area (Å²) in [5.74, 6) is -0.684. The van der Waals surface area contributed by atoms with Crippen LogP contribution in [0, 0.1) is 5.92 Å². The quantitative estimate of drug-likeness (QED) is 0.541. The number of hydrogen-bond donors (Lipinski definition) is 2. The van der Waals surface area contributed by atoms with Gasteiger partial charge in [-0.1, -0.05) is 32.4 Å². The number of aliphatic carboxylic acids is 1. The lowest BCUT2D eigenvalue weighted by Gasteiger charge is -2.29. The first-order valence-electron chi connectivity index (χ1n) is 11.0. The van der Waals surface area contributed by atoms with E-state index in [2.05, 4.69) is 11.8 Å². The standard InChI is InChI=1S/C23H37N3O4/c1-4-6-13-25(14-7-12-24)21(27)16-26-15-19(22(23(28)29)20(26)5-2)17-8-10-18(30-3)11-9-17/h8-11,19-20,22H,4-7,12-16,24H2,1-3H3,(H,28,29)/t19-,20+,22-/m1/s1. The van der Waals surface area contributed by atoms with Crippen LogP contribution in [0.2, 0.25) is 0 Å². The first-order chi connectivity index (χ1) is 14.5. The van der Waals surface area contributed by atoms with E-state index < -0.39 is 11.9 Å². The zero-order valence-corrected chi connectivity index (χ0v) is 18.5. The number of amides is 1. The number of ether oxygens (including phenoxy) is 1. The second-order valence-corrected chi connectivity index (χ2v) is 8.03. The van der Waals surface area contributed by atoms with E-state index in [0.29, 0.717) is 26.1 Å². The fraction of sp³-hybridized carbons (Fsp3) is 0.652. The number of hydrogen-bond acceptors (Lipinski definition) is 5. The molecular weight excluding hydrogens is 382 g/mol. The van der Waals surface area contributed by atoms with Gasteiger partial charge in [0.1, 0.15) is 5.75 Å². The van der Waals surface area contributed by atoms with E-state index in [0.717, 1.165) is 37.1 Å². The fourth-order valence-corrected chi connectivity index (χ4v) is 4.46. The summed E-state index contributed by atoms with van der Waals surface area (Å²) < 4.78 is 5.23. The van der Waals surface area contributed by atoms with Crippen LogP contribution in [-0.4, -0.2) is 72.7 Å². The van der Waals surface area contributed by atoms with Crippen LogP contribution in [0.25, 0.3) is 0 Å². The van der Waals surface area contributed by atoms with Crippen molar-refractivity contribution in [2.75, 3.05) is 39.8 Å². The van der Waals surface area contributed by atoms with Gasteiger partial charge in [0, 0.05) is 31.6 Å². The number of carbonyl (C=O) groups is 2. The highest BCUT2D eigenvalue weighted by atomic mass is 16.5. The van der Waals surface area contributed by atoms with Crippen molar-refractivity contribution in [1.29, 1.82) is 0 Å². The molecule has 1 saturated heterocycles. The van der Waals surface area contributed by atoms with Gasteiger partial charge in [-0.25, -0.2) is 0 Å². The monoisotopic (exact) mass is 419 g/mol. The Bertz CT molecular complexity index is 672. The summed E-state index contributed by atoms with van der Waals surface area (Å²) in [6.07, 6.45) is 3.45. The number of nitrogens with two attached hydrogens (primary N) is 1. The highest BCUT2D eigenvalue weighted by Gasteiger charge is 2.46. The zero-order chi connectivity index (χ0) is 22.1. The molecule has 0 radical (unpaired) electrons. The Hall–Kier alpha value is -2.12. The molecule has 7 nitrogen and oxygen atoms in total. The molecule has 0 spiro atoms. The van der Waals surface area contributed by atoms with E-state index in [1.807, 2.05) is 36.1 Å². The maximum atomic E-state index is 13.1. The predicted octanol–water partition coefficient (Wildman–Crippen LogP) is 2.55. The zero-order valence-electron chi connectivity index (χ0n) is 18.5. The minimum atomic E-state index is -0.802. The number of benzene rings is 1. The molecule has 0 aliphatic carbocycles. The normalized spacial score (nSPS) is 21.5. The van der Waals surface area contributed by atoms with E-state index in [9.17, 15) is 14.7 Å². The Kier molecular flexibility index (Phi) is 9.59. The van der Waals surface area contributed by atoms with E-state index in [4.69, 9.17) is 10.5 Å². The van der Waals surface area contributed by atoms with E-state index >= 15 is 0 Å². The summed E-state index contributed by atoms with van der Waals surface area (Å²) >= 11 is 0. The maximum Gasteiger partial charge on any atom is 0.308 e. The second kappa shape index (κ2) is 11.9. The van der Waals surface area contributed by atoms with Gasteiger partial charge in [0.15, 0.2) is 0 Å². The van der Waals surface area contributed by atoms with Crippen LogP contribution in [0.4, 0.5) is 0 Å². The van der Waals surface area contributed by atoms with Crippen molar-refractivity contribution in [3.05, 3.63) is 29.8 Å². The summed E-state index contributed by atoms with van der Waals surface area (Å²) in [5.41, 5.74) is 6.62. The van der Waals surface area contributed by atoms with Crippen molar-refractivity contribution in [2.45, 2.75) is 51.5 Å². The summed E-state index contributed by atoms with van der Waals surface area (Å²) in [5, 5.41) is 9.98. The lowest BCUT2D eigenvalue weighted by atomic mass is 9.84. The Morgan fingerprint density at radius 2 is 1.87 bits per heavy atom. The van der Waals surface area contributed by atoms with Gasteiger partial charge >= 0.3 is 5.97 Å². The third-order valence-corrected chi connectivity index (χ3v) is 6.10. The molecule has 1 heterocycles. The minimum Gasteiger partial charge on any atom is -0.497 e. The molecular formula is C23H37N3O4. The van der Waals surface area contributed by atoms with Crippen molar-refractivity contribution in [2.24, 2.45) is 11.7 Å². The molecule has 0 saturated carbocycles. The van der Waals surface area contributed by atoms with Crippen LogP contribution in [0.1, 0.15) is 51.0 Å². The second-order valence-electron chi connectivity index (χ2n) is 8.03. The molecule has 0 aromatic heterocycles. The number of carbonyl (C=O) groups excluding carboxylic acids is 1. The van der Waals surface area contributed by atoms with Crippen molar-refractivity contribution >= 4 is 11.9 Å². The number of methoxy groups -OCH3 is 1. The largest absolute Gasteiger partial charge is 0.497 e. The van der Waals surface area contributed by atoms with Crippen LogP contribution < -0.4 is 10.5 Å². The smallest absolute Gasteiger partial charge is 0.308 e. The van der Waals surface area contributed by atoms with Crippen LogP contribution >= 0.6 is 0 Å². The average Bonchev–Trinajstić information content (AvgIpc) is 3.12. The van der Waals surface area contributed by atoms with Crippen molar-refractivity contribution < 1.29 is 19.4 Å². The molecule has 1 aromatic carbocycles. The molecule has 1 aliphatic heterocycles. The van der Waals surface area contributed by atoms with Gasteiger partial charge in [-0.05, 0) is 43.5 Å². The molecule has 1 aliphatic rings. The van der Waals surface area contributed by atoms with Gasteiger partial charge in [-0.3, -0.25) is 14.5 Å². The first-order valence-corrected chi connectivity index (χ1v) is 11.0. The third kappa shape index (κ3) is 5.95. The Morgan fingerprint density at radius 1 is 1.20 bits per heavy atom. The van der Waals surface area contributed by atoms with Crippen LogP contribution in [0.3, 0.4) is 0 Å². The first kappa shape index (κ1) is 24.2. The maximum absolute atomic E-state index is 13.1. The molecule has 1 fully saturated rings. The Morgan fingerprint density at radius 3 is 2.40 bits per heavy atom. The van der Waals surface area contributed by atoms with Gasteiger partial charge in [0.25, 0.3) is 0 Å². The molecule has 7 heteroatoms. The van der Waals surface area contributed by atoms with E-state index in [1.54, 1.807) is 7.11 Å². The Labute approximate surface area is 180 Å². The van der Waals surface area contributed by atoms with E-state index in [-0.39, 0.29) is 24.4 Å². The molecule has 0 bridgehead atoms. The molecule has 2 rings (SSSR count). The highest BCUT2D eigenvalue weighted by Crippen LogP contribution is 2.39. The third-order valence-electron chi connectivity index (χ3n) is 6.10. The Balaban J connectivity index is 2.19. The van der Waals surface area contributed by atoms with Gasteiger partial charge < -0.3 is 20.5 Å². The van der Waals surface area contributed by atoms with Crippen molar-refractivity contribution in [3.63, 3.8) is 0 Å². The van der Waals surface area contributed by atoms with Crippen LogP contribution in [0.5, 0.6) is 5.75 Å². The minimum absolute atomic E-state index is 0.0647. The molecule has 168 valence electrons. The molecule has 1 amide bonds. The molecule has 3 N–H and O–H groups in total. The summed E-state index contributed by atoms with van der Waals surface area (Å²) in [6, 6.07) is 7.43. The number of carboxylic acids is 1. The number of nitrogens with zero attached hydrogens (tertiary/aromatic N) is 2. The number of unbranched alkanes of at least 4 members (excludes halogenated alkanes) is 1. The summed E-state index contributed by atoms with van der Waals surface area (Å²) in [6.45, 7) is 6.86. The predicted molar refractivity (Wildman–Crippen MR) is 118 cm³/mol. The lowest BCUT2D eigenvalue weighted by molar-refractivity contribution is -0.143. The summed E-state index contributed by atoms with van der Waals surface area (Å²) in [7, 11) is 1.61. The van der Waals surface area contributed by atoms with Crippen molar-refractivity contribution in [1.82, 2.24) is 9.80 Å². The molecule has 3 atom stereocenters.